The van der Waals surface area contributed by atoms with Crippen molar-refractivity contribution in [2.24, 2.45) is 16.8 Å². The highest BCUT2D eigenvalue weighted by Gasteiger charge is 2.21. The highest BCUT2D eigenvalue weighted by atomic mass is 79.9. The number of halogens is 1. The van der Waals surface area contributed by atoms with E-state index in [1.165, 1.54) is 0 Å². The molecule has 2 rings (SSSR count). The maximum absolute atomic E-state index is 12.3. The highest BCUT2D eigenvalue weighted by molar-refractivity contribution is 9.10. The molecule has 0 aromatic heterocycles. The average Bonchev–Trinajstić information content (AvgIpc) is 2.47. The minimum Gasteiger partial charge on any atom is -0.409 e. The molecular formula is C14H19BrN4O2. The van der Waals surface area contributed by atoms with E-state index in [1.807, 2.05) is 0 Å². The lowest BCUT2D eigenvalue weighted by atomic mass is 10.00. The lowest BCUT2D eigenvalue weighted by molar-refractivity contribution is 0.186. The van der Waals surface area contributed by atoms with Crippen LogP contribution in [0.2, 0.25) is 0 Å². The number of oxime groups is 1. The number of hydrogen-bond donors (Lipinski definition) is 3. The van der Waals surface area contributed by atoms with Gasteiger partial charge >= 0.3 is 6.03 Å². The summed E-state index contributed by atoms with van der Waals surface area (Å²) in [5, 5.41) is 14.7. The molecule has 7 heteroatoms. The summed E-state index contributed by atoms with van der Waals surface area (Å²) in [5.74, 6) is 0.623. The van der Waals surface area contributed by atoms with E-state index in [1.54, 1.807) is 23.1 Å². The molecule has 0 saturated carbocycles. The number of anilines is 1. The maximum atomic E-state index is 12.3. The van der Waals surface area contributed by atoms with E-state index in [4.69, 9.17) is 10.9 Å². The number of nitrogens with two attached hydrogens (primary N) is 1. The van der Waals surface area contributed by atoms with Gasteiger partial charge in [-0.2, -0.15) is 0 Å². The van der Waals surface area contributed by atoms with Crippen molar-refractivity contribution in [2.45, 2.75) is 19.8 Å². The van der Waals surface area contributed by atoms with Crippen LogP contribution in [0, 0.1) is 5.92 Å². The molecule has 1 heterocycles. The topological polar surface area (TPSA) is 91.0 Å². The van der Waals surface area contributed by atoms with Gasteiger partial charge in [-0.1, -0.05) is 28.0 Å². The zero-order chi connectivity index (χ0) is 15.4. The zero-order valence-corrected chi connectivity index (χ0v) is 13.4. The van der Waals surface area contributed by atoms with Crippen LogP contribution in [0.3, 0.4) is 0 Å². The summed E-state index contributed by atoms with van der Waals surface area (Å²) >= 11 is 3.35. The normalized spacial score (nSPS) is 16.9. The van der Waals surface area contributed by atoms with Gasteiger partial charge < -0.3 is 21.2 Å². The van der Waals surface area contributed by atoms with Crippen LogP contribution < -0.4 is 11.1 Å². The predicted octanol–water partition coefficient (Wildman–Crippen LogP) is 2.81. The first-order chi connectivity index (χ1) is 10.0. The number of piperidine rings is 1. The SMILES string of the molecule is CC1CCN(C(=O)Nc2cc(Br)ccc2/C(N)=N/O)CC1. The second-order valence-electron chi connectivity index (χ2n) is 5.27. The molecule has 1 aromatic carbocycles. The summed E-state index contributed by atoms with van der Waals surface area (Å²) < 4.78 is 0.805. The Hall–Kier alpha value is -1.76. The average molecular weight is 355 g/mol. The maximum Gasteiger partial charge on any atom is 0.321 e. The van der Waals surface area contributed by atoms with Crippen LogP contribution >= 0.6 is 15.9 Å². The number of hydrogen-bond acceptors (Lipinski definition) is 3. The fraction of sp³-hybridized carbons (Fsp3) is 0.429. The monoisotopic (exact) mass is 354 g/mol. The van der Waals surface area contributed by atoms with Gasteiger partial charge in [-0.05, 0) is 37.0 Å². The fourth-order valence-electron chi connectivity index (χ4n) is 2.30. The second kappa shape index (κ2) is 6.80. The number of nitrogens with one attached hydrogen (secondary N) is 1. The Morgan fingerprint density at radius 1 is 1.48 bits per heavy atom. The van der Waals surface area contributed by atoms with Crippen molar-refractivity contribution in [1.29, 1.82) is 0 Å². The summed E-state index contributed by atoms with van der Waals surface area (Å²) in [6, 6.07) is 5.03. The second-order valence-corrected chi connectivity index (χ2v) is 6.19. The third-order valence-corrected chi connectivity index (χ3v) is 4.17. The number of amides is 2. The first kappa shape index (κ1) is 15.6. The minimum absolute atomic E-state index is 0.0370. The Morgan fingerprint density at radius 2 is 2.14 bits per heavy atom. The van der Waals surface area contributed by atoms with Crippen LogP contribution in [0.25, 0.3) is 0 Å². The van der Waals surface area contributed by atoms with Crippen LogP contribution in [-0.2, 0) is 0 Å². The number of rotatable bonds is 2. The van der Waals surface area contributed by atoms with Gasteiger partial charge in [0.2, 0.25) is 0 Å². The van der Waals surface area contributed by atoms with Gasteiger partial charge in [-0.3, -0.25) is 0 Å². The first-order valence-corrected chi connectivity index (χ1v) is 7.64. The molecule has 0 aliphatic carbocycles. The van der Waals surface area contributed by atoms with Crippen LogP contribution in [0.5, 0.6) is 0 Å². The molecule has 21 heavy (non-hydrogen) atoms. The first-order valence-electron chi connectivity index (χ1n) is 6.84. The molecule has 6 nitrogen and oxygen atoms in total. The molecule has 1 saturated heterocycles. The molecule has 1 fully saturated rings. The van der Waals surface area contributed by atoms with E-state index in [0.717, 1.165) is 30.4 Å². The van der Waals surface area contributed by atoms with Crippen molar-refractivity contribution < 1.29 is 10.0 Å². The van der Waals surface area contributed by atoms with Crippen LogP contribution in [-0.4, -0.2) is 35.1 Å². The van der Waals surface area contributed by atoms with Crippen molar-refractivity contribution in [3.05, 3.63) is 28.2 Å². The van der Waals surface area contributed by atoms with Crippen molar-refractivity contribution in [3.8, 4) is 0 Å². The fourth-order valence-corrected chi connectivity index (χ4v) is 2.66. The van der Waals surface area contributed by atoms with E-state index in [9.17, 15) is 4.79 Å². The third-order valence-electron chi connectivity index (χ3n) is 3.68. The molecule has 1 aromatic rings. The summed E-state index contributed by atoms with van der Waals surface area (Å²) in [6.07, 6.45) is 2.03. The lowest BCUT2D eigenvalue weighted by Gasteiger charge is -2.30. The van der Waals surface area contributed by atoms with E-state index >= 15 is 0 Å². The highest BCUT2D eigenvalue weighted by Crippen LogP contribution is 2.23. The third kappa shape index (κ3) is 3.87. The summed E-state index contributed by atoms with van der Waals surface area (Å²) in [6.45, 7) is 3.69. The Morgan fingerprint density at radius 3 is 2.76 bits per heavy atom. The van der Waals surface area contributed by atoms with Crippen LogP contribution in [0.1, 0.15) is 25.3 Å². The van der Waals surface area contributed by atoms with E-state index in [2.05, 4.69) is 33.3 Å². The Balaban J connectivity index is 2.15. The number of benzene rings is 1. The summed E-state index contributed by atoms with van der Waals surface area (Å²) in [4.78, 5) is 14.1. The van der Waals surface area contributed by atoms with Gasteiger partial charge in [0, 0.05) is 23.1 Å². The largest absolute Gasteiger partial charge is 0.409 e. The number of amidine groups is 1. The van der Waals surface area contributed by atoms with Gasteiger partial charge in [-0.15, -0.1) is 0 Å². The molecule has 114 valence electrons. The molecule has 0 unspecified atom stereocenters. The zero-order valence-electron chi connectivity index (χ0n) is 11.8. The van der Waals surface area contributed by atoms with Crippen LogP contribution in [0.15, 0.2) is 27.8 Å². The summed E-state index contributed by atoms with van der Waals surface area (Å²) in [5.41, 5.74) is 6.64. The molecule has 1 aliphatic heterocycles. The van der Waals surface area contributed by atoms with Gasteiger partial charge in [0.25, 0.3) is 0 Å². The molecule has 1 aliphatic rings. The standard InChI is InChI=1S/C14H19BrN4O2/c1-9-4-6-19(7-5-9)14(20)17-12-8-10(15)2-3-11(12)13(16)18-21/h2-3,8-9,21H,4-7H2,1H3,(H2,16,18)(H,17,20). The molecule has 0 atom stereocenters. The molecular weight excluding hydrogens is 336 g/mol. The van der Waals surface area contributed by atoms with Crippen LogP contribution in [0.4, 0.5) is 10.5 Å². The predicted molar refractivity (Wildman–Crippen MR) is 85.6 cm³/mol. The lowest BCUT2D eigenvalue weighted by Crippen LogP contribution is -2.40. The quantitative estimate of drug-likeness (QED) is 0.330. The van der Waals surface area contributed by atoms with Gasteiger partial charge in [0.15, 0.2) is 5.84 Å². The Bertz CT molecular complexity index is 554. The number of carbonyl (C=O) groups is 1. The number of nitrogens with zero attached hydrogens (tertiary/aromatic N) is 2. The molecule has 0 bridgehead atoms. The van der Waals surface area contributed by atoms with Gasteiger partial charge in [-0.25, -0.2) is 4.79 Å². The van der Waals surface area contributed by atoms with Crippen molar-refractivity contribution in [2.75, 3.05) is 18.4 Å². The van der Waals surface area contributed by atoms with Gasteiger partial charge in [0.05, 0.1) is 5.69 Å². The Labute approximate surface area is 132 Å². The minimum atomic E-state index is -0.160. The number of carbonyl (C=O) groups excluding carboxylic acids is 1. The molecule has 4 N–H and O–H groups in total. The summed E-state index contributed by atoms with van der Waals surface area (Å²) in [7, 11) is 0. The smallest absolute Gasteiger partial charge is 0.321 e. The van der Waals surface area contributed by atoms with E-state index in [-0.39, 0.29) is 11.9 Å². The van der Waals surface area contributed by atoms with E-state index in [0.29, 0.717) is 17.2 Å². The molecule has 2 amide bonds. The van der Waals surface area contributed by atoms with Gasteiger partial charge in [0.1, 0.15) is 0 Å². The van der Waals surface area contributed by atoms with Crippen molar-refractivity contribution >= 4 is 33.5 Å². The Kier molecular flexibility index (Phi) is 5.06. The van der Waals surface area contributed by atoms with E-state index < -0.39 is 0 Å². The van der Waals surface area contributed by atoms with Crippen molar-refractivity contribution in [3.63, 3.8) is 0 Å². The number of urea groups is 1. The molecule has 0 radical (unpaired) electrons. The number of likely N-dealkylation sites (tertiary alicyclic amines) is 1. The molecule has 0 spiro atoms. The van der Waals surface area contributed by atoms with Crippen molar-refractivity contribution in [1.82, 2.24) is 4.90 Å².